The van der Waals surface area contributed by atoms with Crippen LogP contribution in [0.2, 0.25) is 0 Å². The number of rotatable bonds is 3. The number of fused-ring (bicyclic) bond motifs is 1. The van der Waals surface area contributed by atoms with Gasteiger partial charge in [0.15, 0.2) is 11.6 Å². The van der Waals surface area contributed by atoms with Crippen molar-refractivity contribution in [2.24, 2.45) is 0 Å². The van der Waals surface area contributed by atoms with Gasteiger partial charge in [0.1, 0.15) is 6.07 Å². The summed E-state index contributed by atoms with van der Waals surface area (Å²) in [5.41, 5.74) is 4.80. The SMILES string of the molecule is N#Cc1c(-c2ccc(F)c(F)c2)cc(-c2ccc(Br)cc2)nc1-c1c[nH]c2ccccc12. The predicted octanol–water partition coefficient (Wildman–Crippen LogP) is 7.48. The number of benzene rings is 3. The smallest absolute Gasteiger partial charge is 0.159 e. The lowest BCUT2D eigenvalue weighted by atomic mass is 9.94. The highest BCUT2D eigenvalue weighted by atomic mass is 79.9. The zero-order valence-corrected chi connectivity index (χ0v) is 18.1. The molecular formula is C26H14BrF2N3. The molecule has 2 heterocycles. The van der Waals surface area contributed by atoms with Crippen LogP contribution in [0.15, 0.2) is 83.5 Å². The van der Waals surface area contributed by atoms with Crippen molar-refractivity contribution in [1.29, 1.82) is 5.26 Å². The van der Waals surface area contributed by atoms with E-state index < -0.39 is 11.6 Å². The minimum Gasteiger partial charge on any atom is -0.360 e. The monoisotopic (exact) mass is 485 g/mol. The molecule has 3 nitrogen and oxygen atoms in total. The van der Waals surface area contributed by atoms with E-state index in [1.807, 2.05) is 54.7 Å². The maximum absolute atomic E-state index is 14.1. The molecule has 0 fully saturated rings. The van der Waals surface area contributed by atoms with Gasteiger partial charge in [-0.25, -0.2) is 13.8 Å². The Bertz CT molecular complexity index is 1520. The first-order valence-corrected chi connectivity index (χ1v) is 10.6. The Morgan fingerprint density at radius 3 is 2.34 bits per heavy atom. The van der Waals surface area contributed by atoms with Crippen LogP contribution in [0.25, 0.3) is 44.5 Å². The van der Waals surface area contributed by atoms with Crippen molar-refractivity contribution in [3.8, 4) is 39.7 Å². The molecule has 0 saturated heterocycles. The molecule has 0 radical (unpaired) electrons. The van der Waals surface area contributed by atoms with Crippen LogP contribution in [0, 0.1) is 23.0 Å². The summed E-state index contributed by atoms with van der Waals surface area (Å²) >= 11 is 3.44. The number of hydrogen-bond acceptors (Lipinski definition) is 2. The fourth-order valence-electron chi connectivity index (χ4n) is 3.78. The van der Waals surface area contributed by atoms with Gasteiger partial charge in [-0.05, 0) is 42.0 Å². The summed E-state index contributed by atoms with van der Waals surface area (Å²) in [7, 11) is 0. The van der Waals surface area contributed by atoms with Gasteiger partial charge in [0.05, 0.1) is 17.0 Å². The van der Waals surface area contributed by atoms with E-state index in [9.17, 15) is 14.0 Å². The number of nitrogens with one attached hydrogen (secondary N) is 1. The quantitative estimate of drug-likeness (QED) is 0.288. The van der Waals surface area contributed by atoms with Crippen LogP contribution in [0.1, 0.15) is 5.56 Å². The van der Waals surface area contributed by atoms with Crippen molar-refractivity contribution in [1.82, 2.24) is 9.97 Å². The minimum atomic E-state index is -0.970. The van der Waals surface area contributed by atoms with Crippen LogP contribution in [-0.2, 0) is 0 Å². The lowest BCUT2D eigenvalue weighted by molar-refractivity contribution is 0.509. The number of hydrogen-bond donors (Lipinski definition) is 1. The van der Waals surface area contributed by atoms with Crippen molar-refractivity contribution in [2.45, 2.75) is 0 Å². The first-order valence-electron chi connectivity index (χ1n) is 9.78. The van der Waals surface area contributed by atoms with Gasteiger partial charge in [0.2, 0.25) is 0 Å². The van der Waals surface area contributed by atoms with Gasteiger partial charge in [0.25, 0.3) is 0 Å². The number of nitriles is 1. The highest BCUT2D eigenvalue weighted by Crippen LogP contribution is 2.37. The van der Waals surface area contributed by atoms with Gasteiger partial charge in [0, 0.05) is 38.3 Å². The molecule has 2 aromatic heterocycles. The Labute approximate surface area is 191 Å². The number of nitrogens with zero attached hydrogens (tertiary/aromatic N) is 2. The number of para-hydroxylation sites is 1. The van der Waals surface area contributed by atoms with Crippen LogP contribution in [0.4, 0.5) is 8.78 Å². The van der Waals surface area contributed by atoms with Gasteiger partial charge < -0.3 is 4.98 Å². The minimum absolute atomic E-state index is 0.293. The van der Waals surface area contributed by atoms with Crippen LogP contribution in [0.5, 0.6) is 0 Å². The lowest BCUT2D eigenvalue weighted by Crippen LogP contribution is -1.97. The summed E-state index contributed by atoms with van der Waals surface area (Å²) in [4.78, 5) is 8.05. The third-order valence-corrected chi connectivity index (χ3v) is 5.87. The summed E-state index contributed by atoms with van der Waals surface area (Å²) < 4.78 is 28.6. The first-order chi connectivity index (χ1) is 15.5. The van der Waals surface area contributed by atoms with Gasteiger partial charge in [-0.2, -0.15) is 5.26 Å². The number of pyridine rings is 1. The number of H-pyrrole nitrogens is 1. The van der Waals surface area contributed by atoms with E-state index >= 15 is 0 Å². The zero-order chi connectivity index (χ0) is 22.2. The van der Waals surface area contributed by atoms with E-state index in [2.05, 4.69) is 27.0 Å². The Hall–Kier alpha value is -3.82. The molecule has 0 aliphatic rings. The maximum atomic E-state index is 14.1. The second kappa shape index (κ2) is 8.03. The highest BCUT2D eigenvalue weighted by Gasteiger charge is 2.20. The summed E-state index contributed by atoms with van der Waals surface area (Å²) in [5.74, 6) is -1.91. The largest absolute Gasteiger partial charge is 0.360 e. The fourth-order valence-corrected chi connectivity index (χ4v) is 4.04. The van der Waals surface area contributed by atoms with E-state index in [0.29, 0.717) is 28.1 Å². The van der Waals surface area contributed by atoms with E-state index in [1.54, 1.807) is 6.07 Å². The molecule has 0 spiro atoms. The Morgan fingerprint density at radius 1 is 0.844 bits per heavy atom. The molecule has 6 heteroatoms. The zero-order valence-electron chi connectivity index (χ0n) is 16.5. The molecule has 154 valence electrons. The van der Waals surface area contributed by atoms with E-state index in [-0.39, 0.29) is 0 Å². The predicted molar refractivity (Wildman–Crippen MR) is 125 cm³/mol. The molecule has 0 aliphatic carbocycles. The van der Waals surface area contributed by atoms with Crippen LogP contribution in [0.3, 0.4) is 0 Å². The fraction of sp³-hybridized carbons (Fsp3) is 0. The average Bonchev–Trinajstić information content (AvgIpc) is 3.24. The molecule has 3 aromatic carbocycles. The maximum Gasteiger partial charge on any atom is 0.159 e. The number of aromatic nitrogens is 2. The van der Waals surface area contributed by atoms with Crippen molar-refractivity contribution in [3.63, 3.8) is 0 Å². The van der Waals surface area contributed by atoms with Gasteiger partial charge in [-0.1, -0.05) is 52.3 Å². The molecule has 32 heavy (non-hydrogen) atoms. The summed E-state index contributed by atoms with van der Waals surface area (Å²) in [6.45, 7) is 0. The third kappa shape index (κ3) is 3.47. The standard InChI is InChI=1S/C26H14BrF2N3/c27-17-8-5-15(6-9-17)25-12-19(16-7-10-22(28)23(29)11-16)20(13-30)26(32-25)21-14-31-24-4-2-1-3-18(21)24/h1-12,14,31H. The molecule has 0 unspecified atom stereocenters. The topological polar surface area (TPSA) is 52.5 Å². The van der Waals surface area contributed by atoms with Crippen LogP contribution in [-0.4, -0.2) is 9.97 Å². The van der Waals surface area contributed by atoms with E-state index in [1.165, 1.54) is 6.07 Å². The second-order valence-corrected chi connectivity index (χ2v) is 8.19. The first kappa shape index (κ1) is 20.1. The van der Waals surface area contributed by atoms with Crippen molar-refractivity contribution in [2.75, 3.05) is 0 Å². The average molecular weight is 486 g/mol. The van der Waals surface area contributed by atoms with Crippen molar-refractivity contribution < 1.29 is 8.78 Å². The van der Waals surface area contributed by atoms with Crippen LogP contribution >= 0.6 is 15.9 Å². The summed E-state index contributed by atoms with van der Waals surface area (Å²) in [6, 6.07) is 23.0. The summed E-state index contributed by atoms with van der Waals surface area (Å²) in [6.07, 6.45) is 1.81. The Kier molecular flexibility index (Phi) is 5.04. The van der Waals surface area contributed by atoms with Gasteiger partial charge >= 0.3 is 0 Å². The van der Waals surface area contributed by atoms with Crippen molar-refractivity contribution in [3.05, 3.63) is 101 Å². The van der Waals surface area contributed by atoms with E-state index in [0.717, 1.165) is 38.6 Å². The Balaban J connectivity index is 1.84. The molecule has 5 rings (SSSR count). The Morgan fingerprint density at radius 2 is 1.59 bits per heavy atom. The molecule has 0 amide bonds. The van der Waals surface area contributed by atoms with Gasteiger partial charge in [-0.3, -0.25) is 0 Å². The van der Waals surface area contributed by atoms with Gasteiger partial charge in [-0.15, -0.1) is 0 Å². The number of aromatic amines is 1. The molecule has 0 aliphatic heterocycles. The second-order valence-electron chi connectivity index (χ2n) is 7.27. The highest BCUT2D eigenvalue weighted by molar-refractivity contribution is 9.10. The molecular weight excluding hydrogens is 472 g/mol. The van der Waals surface area contributed by atoms with Crippen molar-refractivity contribution >= 4 is 26.8 Å². The lowest BCUT2D eigenvalue weighted by Gasteiger charge is -2.13. The molecule has 5 aromatic rings. The van der Waals surface area contributed by atoms with E-state index in [4.69, 9.17) is 4.98 Å². The molecule has 0 bridgehead atoms. The number of halogens is 3. The third-order valence-electron chi connectivity index (χ3n) is 5.35. The molecule has 1 N–H and O–H groups in total. The molecule has 0 saturated carbocycles. The normalized spacial score (nSPS) is 10.9. The molecule has 0 atom stereocenters. The van der Waals surface area contributed by atoms with Crippen LogP contribution < -0.4 is 0 Å². The summed E-state index contributed by atoms with van der Waals surface area (Å²) in [5, 5.41) is 11.0.